The minimum absolute atomic E-state index is 0.0346. The minimum atomic E-state index is 0.0346. The maximum Gasteiger partial charge on any atom is 0.223 e. The number of pyridine rings is 1. The molecule has 1 saturated heterocycles. The summed E-state index contributed by atoms with van der Waals surface area (Å²) in [5.41, 5.74) is 3.65. The van der Waals surface area contributed by atoms with Crippen LogP contribution in [0, 0.1) is 11.8 Å². The first kappa shape index (κ1) is 19.8. The summed E-state index contributed by atoms with van der Waals surface area (Å²) in [6.07, 6.45) is 8.35. The van der Waals surface area contributed by atoms with E-state index in [0.29, 0.717) is 5.92 Å². The molecule has 4 heteroatoms. The Morgan fingerprint density at radius 3 is 2.48 bits per heavy atom. The van der Waals surface area contributed by atoms with Gasteiger partial charge in [-0.25, -0.2) is 0 Å². The second-order valence-corrected chi connectivity index (χ2v) is 8.53. The van der Waals surface area contributed by atoms with Crippen molar-refractivity contribution in [3.05, 3.63) is 71.6 Å². The van der Waals surface area contributed by atoms with Crippen molar-refractivity contribution in [2.24, 2.45) is 11.8 Å². The maximum atomic E-state index is 12.5. The van der Waals surface area contributed by atoms with Crippen LogP contribution in [0.1, 0.15) is 49.9 Å². The number of aromatic nitrogens is 1. The largest absolute Gasteiger partial charge is 0.347 e. The van der Waals surface area contributed by atoms with Crippen LogP contribution in [-0.4, -0.2) is 35.4 Å². The Morgan fingerprint density at radius 2 is 1.83 bits per heavy atom. The second kappa shape index (κ2) is 9.36. The Balaban J connectivity index is 1.36. The van der Waals surface area contributed by atoms with Crippen LogP contribution in [-0.2, 0) is 4.79 Å². The molecule has 2 aliphatic rings. The fourth-order valence-electron chi connectivity index (χ4n) is 4.29. The van der Waals surface area contributed by atoms with Gasteiger partial charge in [-0.2, -0.15) is 0 Å². The molecule has 1 aromatic carbocycles. The average molecular weight is 390 g/mol. The Kier molecular flexibility index (Phi) is 6.40. The second-order valence-electron chi connectivity index (χ2n) is 8.53. The van der Waals surface area contributed by atoms with E-state index in [2.05, 4.69) is 64.6 Å². The van der Waals surface area contributed by atoms with Crippen LogP contribution in [0.3, 0.4) is 0 Å². The highest BCUT2D eigenvalue weighted by Gasteiger charge is 2.35. The van der Waals surface area contributed by atoms with Gasteiger partial charge in [0.2, 0.25) is 5.91 Å². The summed E-state index contributed by atoms with van der Waals surface area (Å²) in [6.45, 7) is 5.34. The number of piperidine rings is 1. The molecule has 1 saturated carbocycles. The van der Waals surface area contributed by atoms with Crippen molar-refractivity contribution in [2.75, 3.05) is 19.6 Å². The quantitative estimate of drug-likeness (QED) is 0.760. The normalized spacial score (nSPS) is 19.7. The highest BCUT2D eigenvalue weighted by atomic mass is 16.2. The number of benzene rings is 1. The molecule has 1 amide bonds. The molecule has 1 aliphatic heterocycles. The molecule has 2 fully saturated rings. The highest BCUT2D eigenvalue weighted by Crippen LogP contribution is 2.34. The van der Waals surface area contributed by atoms with Crippen molar-refractivity contribution in [2.45, 2.75) is 38.6 Å². The van der Waals surface area contributed by atoms with Crippen LogP contribution in [0.25, 0.3) is 6.08 Å². The Morgan fingerprint density at radius 1 is 1.10 bits per heavy atom. The molecule has 1 aliphatic carbocycles. The van der Waals surface area contributed by atoms with Crippen LogP contribution < -0.4 is 5.32 Å². The topological polar surface area (TPSA) is 45.2 Å². The van der Waals surface area contributed by atoms with Gasteiger partial charge in [0.15, 0.2) is 0 Å². The maximum absolute atomic E-state index is 12.5. The highest BCUT2D eigenvalue weighted by molar-refractivity contribution is 5.81. The molecule has 4 nitrogen and oxygen atoms in total. The van der Waals surface area contributed by atoms with Gasteiger partial charge in [0, 0.05) is 18.7 Å². The predicted octanol–water partition coefficient (Wildman–Crippen LogP) is 4.46. The number of hydrogen-bond donors (Lipinski definition) is 1. The van der Waals surface area contributed by atoms with Gasteiger partial charge < -0.3 is 5.32 Å². The van der Waals surface area contributed by atoms with Gasteiger partial charge in [0.25, 0.3) is 0 Å². The number of hydrogen-bond acceptors (Lipinski definition) is 3. The SMILES string of the molecule is C/C(=C\c1ccccc1)CN1CCC([C@H](NC(=O)C2CC2)c2ccccn2)CC1. The van der Waals surface area contributed by atoms with Crippen molar-refractivity contribution < 1.29 is 4.79 Å². The molecule has 0 unspecified atom stereocenters. The van der Waals surface area contributed by atoms with Crippen LogP contribution in [0.2, 0.25) is 0 Å². The number of likely N-dealkylation sites (tertiary alicyclic amines) is 1. The summed E-state index contributed by atoms with van der Waals surface area (Å²) in [5, 5.41) is 3.32. The Hall–Kier alpha value is -2.46. The standard InChI is InChI=1S/C25H31N3O/c1-19(17-20-7-3-2-4-8-20)18-28-15-12-21(13-16-28)24(23-9-5-6-14-26-23)27-25(29)22-10-11-22/h2-9,14,17,21-22,24H,10-13,15-16,18H2,1H3,(H,27,29)/b19-17+/t24-/m0/s1. The lowest BCUT2D eigenvalue weighted by Gasteiger charge is -2.36. The first-order valence-electron chi connectivity index (χ1n) is 10.8. The van der Waals surface area contributed by atoms with Crippen molar-refractivity contribution in [1.82, 2.24) is 15.2 Å². The number of nitrogens with zero attached hydrogens (tertiary/aromatic N) is 2. The van der Waals surface area contributed by atoms with E-state index in [1.54, 1.807) is 0 Å². The monoisotopic (exact) mass is 389 g/mol. The molecule has 2 aromatic rings. The average Bonchev–Trinajstić information content (AvgIpc) is 3.59. The van der Waals surface area contributed by atoms with Crippen LogP contribution in [0.4, 0.5) is 0 Å². The summed E-state index contributed by atoms with van der Waals surface area (Å²) in [5.74, 6) is 0.888. The minimum Gasteiger partial charge on any atom is -0.347 e. The van der Waals surface area contributed by atoms with E-state index in [1.165, 1.54) is 11.1 Å². The van der Waals surface area contributed by atoms with E-state index in [1.807, 2.05) is 18.3 Å². The third-order valence-corrected chi connectivity index (χ3v) is 6.04. The van der Waals surface area contributed by atoms with E-state index in [0.717, 1.165) is 51.0 Å². The number of carbonyl (C=O) groups is 1. The van der Waals surface area contributed by atoms with E-state index in [-0.39, 0.29) is 17.9 Å². The first-order chi connectivity index (χ1) is 14.2. The molecule has 0 bridgehead atoms. The summed E-state index contributed by atoms with van der Waals surface area (Å²) >= 11 is 0. The molecule has 2 heterocycles. The summed E-state index contributed by atoms with van der Waals surface area (Å²) in [7, 11) is 0. The van der Waals surface area contributed by atoms with E-state index >= 15 is 0 Å². The molecule has 152 valence electrons. The summed E-state index contributed by atoms with van der Waals surface area (Å²) in [4.78, 5) is 19.6. The lowest BCUT2D eigenvalue weighted by Crippen LogP contribution is -2.41. The van der Waals surface area contributed by atoms with E-state index in [9.17, 15) is 4.79 Å². The fourth-order valence-corrected chi connectivity index (χ4v) is 4.29. The predicted molar refractivity (Wildman–Crippen MR) is 117 cm³/mol. The fraction of sp³-hybridized carbons (Fsp3) is 0.440. The van der Waals surface area contributed by atoms with Gasteiger partial charge >= 0.3 is 0 Å². The molecule has 1 N–H and O–H groups in total. The zero-order chi connectivity index (χ0) is 20.1. The number of rotatable bonds is 7. The molecule has 0 spiro atoms. The van der Waals surface area contributed by atoms with Crippen LogP contribution in [0.5, 0.6) is 0 Å². The van der Waals surface area contributed by atoms with Gasteiger partial charge in [-0.1, -0.05) is 48.0 Å². The molecule has 1 atom stereocenters. The third-order valence-electron chi connectivity index (χ3n) is 6.04. The Labute approximate surface area is 174 Å². The molecule has 0 radical (unpaired) electrons. The van der Waals surface area contributed by atoms with Crippen molar-refractivity contribution in [3.63, 3.8) is 0 Å². The molecular formula is C25H31N3O. The van der Waals surface area contributed by atoms with Crippen LogP contribution >= 0.6 is 0 Å². The van der Waals surface area contributed by atoms with Gasteiger partial charge in [-0.3, -0.25) is 14.7 Å². The van der Waals surface area contributed by atoms with Crippen molar-refractivity contribution >= 4 is 12.0 Å². The van der Waals surface area contributed by atoms with Crippen molar-refractivity contribution in [1.29, 1.82) is 0 Å². The number of amides is 1. The first-order valence-corrected chi connectivity index (χ1v) is 10.8. The molecule has 1 aromatic heterocycles. The molecule has 4 rings (SSSR count). The number of nitrogens with one attached hydrogen (secondary N) is 1. The van der Waals surface area contributed by atoms with Crippen LogP contribution in [0.15, 0.2) is 60.3 Å². The van der Waals surface area contributed by atoms with Gasteiger partial charge in [0.05, 0.1) is 11.7 Å². The van der Waals surface area contributed by atoms with E-state index in [4.69, 9.17) is 0 Å². The van der Waals surface area contributed by atoms with Gasteiger partial charge in [0.1, 0.15) is 0 Å². The lowest BCUT2D eigenvalue weighted by atomic mass is 9.87. The zero-order valence-electron chi connectivity index (χ0n) is 17.3. The van der Waals surface area contributed by atoms with Crippen molar-refractivity contribution in [3.8, 4) is 0 Å². The zero-order valence-corrected chi connectivity index (χ0v) is 17.3. The lowest BCUT2D eigenvalue weighted by molar-refractivity contribution is -0.123. The van der Waals surface area contributed by atoms with Gasteiger partial charge in [-0.05, 0) is 69.3 Å². The Bertz CT molecular complexity index is 822. The van der Waals surface area contributed by atoms with Gasteiger partial charge in [-0.15, -0.1) is 0 Å². The van der Waals surface area contributed by atoms with E-state index < -0.39 is 0 Å². The smallest absolute Gasteiger partial charge is 0.223 e. The number of carbonyl (C=O) groups excluding carboxylic acids is 1. The summed E-state index contributed by atoms with van der Waals surface area (Å²) in [6, 6.07) is 16.6. The molecular weight excluding hydrogens is 358 g/mol. The third kappa shape index (κ3) is 5.54. The molecule has 29 heavy (non-hydrogen) atoms. The summed E-state index contributed by atoms with van der Waals surface area (Å²) < 4.78 is 0.